The highest BCUT2D eigenvalue weighted by Crippen LogP contribution is 2.19. The Hall–Kier alpha value is -1.09. The van der Waals surface area contributed by atoms with E-state index < -0.39 is 0 Å². The highest BCUT2D eigenvalue weighted by atomic mass is 19.1. The van der Waals surface area contributed by atoms with Gasteiger partial charge in [0.05, 0.1) is 6.61 Å². The van der Waals surface area contributed by atoms with Crippen LogP contribution in [0.15, 0.2) is 18.2 Å². The van der Waals surface area contributed by atoms with Gasteiger partial charge in [-0.3, -0.25) is 0 Å². The van der Waals surface area contributed by atoms with Crippen molar-refractivity contribution < 1.29 is 13.9 Å². The first-order chi connectivity index (χ1) is 7.25. The molecule has 0 radical (unpaired) electrons. The zero-order valence-corrected chi connectivity index (χ0v) is 9.25. The number of rotatable bonds is 6. The summed E-state index contributed by atoms with van der Waals surface area (Å²) in [5.41, 5.74) is 0.599. The van der Waals surface area contributed by atoms with Crippen molar-refractivity contribution in [2.75, 3.05) is 19.8 Å². The molecule has 0 atom stereocenters. The molecular weight excluding hydrogens is 195 g/mol. The second-order valence-corrected chi connectivity index (χ2v) is 3.35. The number of aryl methyl sites for hydroxylation is 1. The fourth-order valence-electron chi connectivity index (χ4n) is 1.19. The topological polar surface area (TPSA) is 18.5 Å². The molecule has 0 aliphatic carbocycles. The lowest BCUT2D eigenvalue weighted by Crippen LogP contribution is -2.08. The Balaban J connectivity index is 2.34. The largest absolute Gasteiger partial charge is 0.488 e. The van der Waals surface area contributed by atoms with Crippen molar-refractivity contribution in [3.05, 3.63) is 29.6 Å². The lowest BCUT2D eigenvalue weighted by atomic mass is 10.2. The molecule has 0 aliphatic rings. The van der Waals surface area contributed by atoms with Crippen LogP contribution in [-0.4, -0.2) is 19.8 Å². The maximum atomic E-state index is 13.4. The average molecular weight is 212 g/mol. The molecular formula is C12H17FO2. The molecule has 0 aromatic heterocycles. The van der Waals surface area contributed by atoms with Crippen LogP contribution in [0.5, 0.6) is 5.75 Å². The molecule has 0 unspecified atom stereocenters. The Morgan fingerprint density at radius 1 is 1.20 bits per heavy atom. The molecule has 2 nitrogen and oxygen atoms in total. The van der Waals surface area contributed by atoms with E-state index in [9.17, 15) is 4.39 Å². The van der Waals surface area contributed by atoms with Gasteiger partial charge >= 0.3 is 0 Å². The molecule has 84 valence electrons. The molecule has 0 saturated heterocycles. The first-order valence-corrected chi connectivity index (χ1v) is 5.21. The van der Waals surface area contributed by atoms with E-state index in [0.29, 0.717) is 24.5 Å². The third kappa shape index (κ3) is 3.88. The molecule has 0 bridgehead atoms. The van der Waals surface area contributed by atoms with Gasteiger partial charge < -0.3 is 9.47 Å². The summed E-state index contributed by atoms with van der Waals surface area (Å²) in [6, 6.07) is 5.12. The molecule has 0 saturated carbocycles. The first-order valence-electron chi connectivity index (χ1n) is 5.21. The molecule has 0 spiro atoms. The number of halogens is 1. The van der Waals surface area contributed by atoms with Gasteiger partial charge in [-0.2, -0.15) is 0 Å². The van der Waals surface area contributed by atoms with Gasteiger partial charge in [-0.25, -0.2) is 4.39 Å². The van der Waals surface area contributed by atoms with Crippen molar-refractivity contribution in [3.8, 4) is 5.75 Å². The molecule has 15 heavy (non-hydrogen) atoms. The minimum Gasteiger partial charge on any atom is -0.488 e. The van der Waals surface area contributed by atoms with Crippen LogP contribution >= 0.6 is 0 Å². The van der Waals surface area contributed by atoms with E-state index in [2.05, 4.69) is 0 Å². The number of benzene rings is 1. The van der Waals surface area contributed by atoms with Crippen LogP contribution in [0.25, 0.3) is 0 Å². The predicted molar refractivity (Wildman–Crippen MR) is 57.7 cm³/mol. The minimum absolute atomic E-state index is 0.284. The van der Waals surface area contributed by atoms with E-state index in [4.69, 9.17) is 9.47 Å². The molecule has 1 rings (SSSR count). The molecule has 0 aliphatic heterocycles. The lowest BCUT2D eigenvalue weighted by molar-refractivity contribution is 0.0991. The second kappa shape index (κ2) is 6.40. The summed E-state index contributed by atoms with van der Waals surface area (Å²) in [7, 11) is 0. The van der Waals surface area contributed by atoms with Crippen molar-refractivity contribution in [2.45, 2.75) is 20.3 Å². The Bertz CT molecular complexity index is 300. The average Bonchev–Trinajstić information content (AvgIpc) is 2.24. The molecule has 1 aromatic carbocycles. The summed E-state index contributed by atoms with van der Waals surface area (Å²) in [5.74, 6) is 0.0167. The summed E-state index contributed by atoms with van der Waals surface area (Å²) >= 11 is 0. The van der Waals surface area contributed by atoms with E-state index in [-0.39, 0.29) is 5.82 Å². The SMILES string of the molecule is CCCOCCOc1cccc(C)c1F. The Morgan fingerprint density at radius 3 is 2.73 bits per heavy atom. The Kier molecular flexibility index (Phi) is 5.12. The van der Waals surface area contributed by atoms with Gasteiger partial charge in [-0.1, -0.05) is 19.1 Å². The van der Waals surface area contributed by atoms with Crippen LogP contribution in [0.2, 0.25) is 0 Å². The van der Waals surface area contributed by atoms with Gasteiger partial charge in [0.15, 0.2) is 11.6 Å². The van der Waals surface area contributed by atoms with Crippen LogP contribution in [0.1, 0.15) is 18.9 Å². The van der Waals surface area contributed by atoms with E-state index >= 15 is 0 Å². The monoisotopic (exact) mass is 212 g/mol. The summed E-state index contributed by atoms with van der Waals surface area (Å²) in [6.07, 6.45) is 0.985. The molecule has 1 aromatic rings. The molecule has 0 fully saturated rings. The number of hydrogen-bond acceptors (Lipinski definition) is 2. The highest BCUT2D eigenvalue weighted by Gasteiger charge is 2.04. The molecule has 0 amide bonds. The van der Waals surface area contributed by atoms with Gasteiger partial charge in [0, 0.05) is 6.61 Å². The third-order valence-corrected chi connectivity index (χ3v) is 1.99. The van der Waals surface area contributed by atoms with Gasteiger partial charge in [0.25, 0.3) is 0 Å². The fourth-order valence-corrected chi connectivity index (χ4v) is 1.19. The summed E-state index contributed by atoms with van der Waals surface area (Å²) in [4.78, 5) is 0. The van der Waals surface area contributed by atoms with Gasteiger partial charge in [-0.15, -0.1) is 0 Å². The van der Waals surface area contributed by atoms with Crippen molar-refractivity contribution in [2.24, 2.45) is 0 Å². The van der Waals surface area contributed by atoms with E-state index in [0.717, 1.165) is 13.0 Å². The smallest absolute Gasteiger partial charge is 0.167 e. The zero-order valence-electron chi connectivity index (χ0n) is 9.25. The fraction of sp³-hybridized carbons (Fsp3) is 0.500. The van der Waals surface area contributed by atoms with Crippen LogP contribution < -0.4 is 4.74 Å². The molecule has 0 N–H and O–H groups in total. The third-order valence-electron chi connectivity index (χ3n) is 1.99. The Labute approximate surface area is 90.0 Å². The Morgan fingerprint density at radius 2 is 2.00 bits per heavy atom. The second-order valence-electron chi connectivity index (χ2n) is 3.35. The van der Waals surface area contributed by atoms with E-state index in [1.54, 1.807) is 25.1 Å². The number of ether oxygens (including phenoxy) is 2. The van der Waals surface area contributed by atoms with E-state index in [1.165, 1.54) is 0 Å². The number of hydrogen-bond donors (Lipinski definition) is 0. The van der Waals surface area contributed by atoms with Crippen molar-refractivity contribution in [1.82, 2.24) is 0 Å². The van der Waals surface area contributed by atoms with Gasteiger partial charge in [0.2, 0.25) is 0 Å². The summed E-state index contributed by atoms with van der Waals surface area (Å²) in [5, 5.41) is 0. The maximum absolute atomic E-state index is 13.4. The van der Waals surface area contributed by atoms with Crippen molar-refractivity contribution >= 4 is 0 Å². The predicted octanol–water partition coefficient (Wildman–Crippen LogP) is 2.94. The molecule has 0 heterocycles. The minimum atomic E-state index is -0.284. The first kappa shape index (κ1) is 12.0. The van der Waals surface area contributed by atoms with E-state index in [1.807, 2.05) is 6.92 Å². The maximum Gasteiger partial charge on any atom is 0.167 e. The van der Waals surface area contributed by atoms with Gasteiger partial charge in [0.1, 0.15) is 6.61 Å². The molecule has 3 heteroatoms. The lowest BCUT2D eigenvalue weighted by Gasteiger charge is -2.08. The van der Waals surface area contributed by atoms with Gasteiger partial charge in [-0.05, 0) is 25.0 Å². The summed E-state index contributed by atoms with van der Waals surface area (Å²) < 4.78 is 23.9. The normalized spacial score (nSPS) is 10.3. The summed E-state index contributed by atoms with van der Waals surface area (Å²) in [6.45, 7) is 5.37. The highest BCUT2D eigenvalue weighted by molar-refractivity contribution is 5.29. The van der Waals surface area contributed by atoms with Crippen molar-refractivity contribution in [1.29, 1.82) is 0 Å². The van der Waals surface area contributed by atoms with Crippen LogP contribution in [0.4, 0.5) is 4.39 Å². The zero-order chi connectivity index (χ0) is 11.1. The van der Waals surface area contributed by atoms with Crippen LogP contribution in [0.3, 0.4) is 0 Å². The standard InChI is InChI=1S/C12H17FO2/c1-3-7-14-8-9-15-11-6-4-5-10(2)12(11)13/h4-6H,3,7-9H2,1-2H3. The van der Waals surface area contributed by atoms with Crippen LogP contribution in [-0.2, 0) is 4.74 Å². The van der Waals surface area contributed by atoms with Crippen molar-refractivity contribution in [3.63, 3.8) is 0 Å². The van der Waals surface area contributed by atoms with Crippen LogP contribution in [0, 0.1) is 12.7 Å². The quantitative estimate of drug-likeness (QED) is 0.675.